The van der Waals surface area contributed by atoms with Crippen LogP contribution in [0.1, 0.15) is 0 Å². The molecular formula is C10H7BrIN. The first-order valence-electron chi connectivity index (χ1n) is 3.86. The molecule has 1 N–H and O–H groups in total. The summed E-state index contributed by atoms with van der Waals surface area (Å²) in [6.07, 6.45) is 1.96. The fourth-order valence-electron chi connectivity index (χ4n) is 1.19. The summed E-state index contributed by atoms with van der Waals surface area (Å²) in [6.45, 7) is 0. The maximum Gasteiger partial charge on any atom is 0.0589 e. The van der Waals surface area contributed by atoms with E-state index in [2.05, 4.69) is 61.7 Å². The van der Waals surface area contributed by atoms with E-state index in [0.29, 0.717) is 0 Å². The molecular weight excluding hydrogens is 341 g/mol. The molecule has 0 aliphatic heterocycles. The SMILES string of the molecule is Brc1ccc(-c2[nH]ccc2I)cc1. The van der Waals surface area contributed by atoms with Gasteiger partial charge in [-0.2, -0.15) is 0 Å². The molecule has 0 bridgehead atoms. The van der Waals surface area contributed by atoms with Crippen molar-refractivity contribution in [2.24, 2.45) is 0 Å². The monoisotopic (exact) mass is 347 g/mol. The van der Waals surface area contributed by atoms with Crippen molar-refractivity contribution in [3.05, 3.63) is 44.6 Å². The first-order chi connectivity index (χ1) is 6.27. The highest BCUT2D eigenvalue weighted by molar-refractivity contribution is 14.1. The molecule has 0 spiro atoms. The number of rotatable bonds is 1. The van der Waals surface area contributed by atoms with Gasteiger partial charge >= 0.3 is 0 Å². The van der Waals surface area contributed by atoms with Crippen molar-refractivity contribution in [3.8, 4) is 11.3 Å². The Morgan fingerprint density at radius 3 is 2.31 bits per heavy atom. The Bertz CT molecular complexity index is 405. The van der Waals surface area contributed by atoms with Gasteiger partial charge in [0, 0.05) is 14.2 Å². The van der Waals surface area contributed by atoms with Crippen LogP contribution in [0.5, 0.6) is 0 Å². The van der Waals surface area contributed by atoms with E-state index in [-0.39, 0.29) is 0 Å². The van der Waals surface area contributed by atoms with Gasteiger partial charge in [-0.3, -0.25) is 0 Å². The van der Waals surface area contributed by atoms with Crippen LogP contribution in [0, 0.1) is 3.57 Å². The molecule has 2 aromatic rings. The number of aromatic amines is 1. The second-order valence-corrected chi connectivity index (χ2v) is 4.79. The van der Waals surface area contributed by atoms with Crippen LogP contribution in [0.4, 0.5) is 0 Å². The van der Waals surface area contributed by atoms with Gasteiger partial charge in [0.2, 0.25) is 0 Å². The molecule has 0 radical (unpaired) electrons. The van der Waals surface area contributed by atoms with Gasteiger partial charge in [0.25, 0.3) is 0 Å². The van der Waals surface area contributed by atoms with Gasteiger partial charge in [0.1, 0.15) is 0 Å². The Kier molecular flexibility index (Phi) is 2.74. The minimum absolute atomic E-state index is 1.11. The van der Waals surface area contributed by atoms with E-state index >= 15 is 0 Å². The topological polar surface area (TPSA) is 15.8 Å². The third-order valence-corrected chi connectivity index (χ3v) is 3.26. The van der Waals surface area contributed by atoms with Crippen molar-refractivity contribution in [2.45, 2.75) is 0 Å². The zero-order valence-electron chi connectivity index (χ0n) is 6.72. The highest BCUT2D eigenvalue weighted by atomic mass is 127. The lowest BCUT2D eigenvalue weighted by molar-refractivity contribution is 1.39. The van der Waals surface area contributed by atoms with Gasteiger partial charge in [0.05, 0.1) is 5.69 Å². The second-order valence-electron chi connectivity index (χ2n) is 2.71. The summed E-state index contributed by atoms with van der Waals surface area (Å²) in [4.78, 5) is 3.22. The molecule has 66 valence electrons. The maximum absolute atomic E-state index is 3.42. The summed E-state index contributed by atoms with van der Waals surface area (Å²) < 4.78 is 2.36. The number of H-pyrrole nitrogens is 1. The predicted octanol–water partition coefficient (Wildman–Crippen LogP) is 4.05. The molecule has 1 nitrogen and oxygen atoms in total. The van der Waals surface area contributed by atoms with Crippen molar-refractivity contribution in [1.29, 1.82) is 0 Å². The smallest absolute Gasteiger partial charge is 0.0589 e. The minimum Gasteiger partial charge on any atom is -0.360 e. The van der Waals surface area contributed by atoms with E-state index in [4.69, 9.17) is 0 Å². The number of hydrogen-bond donors (Lipinski definition) is 1. The van der Waals surface area contributed by atoms with E-state index in [9.17, 15) is 0 Å². The van der Waals surface area contributed by atoms with Crippen LogP contribution in [0.3, 0.4) is 0 Å². The van der Waals surface area contributed by atoms with Crippen molar-refractivity contribution in [3.63, 3.8) is 0 Å². The average molecular weight is 348 g/mol. The zero-order chi connectivity index (χ0) is 9.26. The molecule has 0 saturated carbocycles. The van der Waals surface area contributed by atoms with Gasteiger partial charge in [-0.05, 0) is 46.4 Å². The molecule has 1 heterocycles. The Morgan fingerprint density at radius 1 is 1.08 bits per heavy atom. The largest absolute Gasteiger partial charge is 0.360 e. The Labute approximate surface area is 98.8 Å². The first-order valence-corrected chi connectivity index (χ1v) is 5.73. The van der Waals surface area contributed by atoms with Crippen LogP contribution in [0.2, 0.25) is 0 Å². The lowest BCUT2D eigenvalue weighted by atomic mass is 10.2. The van der Waals surface area contributed by atoms with E-state index in [1.807, 2.05) is 18.3 Å². The Hall–Kier alpha value is -0.290. The van der Waals surface area contributed by atoms with Crippen molar-refractivity contribution in [2.75, 3.05) is 0 Å². The Morgan fingerprint density at radius 2 is 1.77 bits per heavy atom. The predicted molar refractivity (Wildman–Crippen MR) is 66.6 cm³/mol. The average Bonchev–Trinajstić information content (AvgIpc) is 2.53. The molecule has 0 fully saturated rings. The lowest BCUT2D eigenvalue weighted by Gasteiger charge is -1.99. The van der Waals surface area contributed by atoms with Crippen LogP contribution >= 0.6 is 38.5 Å². The fraction of sp³-hybridized carbons (Fsp3) is 0. The van der Waals surface area contributed by atoms with E-state index in [1.165, 1.54) is 14.8 Å². The second kappa shape index (κ2) is 3.84. The van der Waals surface area contributed by atoms with Crippen molar-refractivity contribution < 1.29 is 0 Å². The molecule has 0 aliphatic rings. The molecule has 13 heavy (non-hydrogen) atoms. The summed E-state index contributed by atoms with van der Waals surface area (Å²) in [5, 5.41) is 0. The van der Waals surface area contributed by atoms with Crippen molar-refractivity contribution >= 4 is 38.5 Å². The third-order valence-electron chi connectivity index (χ3n) is 1.83. The molecule has 2 rings (SSSR count). The fourth-order valence-corrected chi connectivity index (χ4v) is 2.10. The third kappa shape index (κ3) is 1.96. The number of halogens is 2. The molecule has 0 saturated heterocycles. The molecule has 0 atom stereocenters. The minimum atomic E-state index is 1.11. The molecule has 0 aliphatic carbocycles. The number of hydrogen-bond acceptors (Lipinski definition) is 0. The highest BCUT2D eigenvalue weighted by Gasteiger charge is 2.02. The molecule has 1 aromatic carbocycles. The van der Waals surface area contributed by atoms with E-state index < -0.39 is 0 Å². The summed E-state index contributed by atoms with van der Waals surface area (Å²) >= 11 is 5.74. The summed E-state index contributed by atoms with van der Waals surface area (Å²) in [5.41, 5.74) is 2.41. The van der Waals surface area contributed by atoms with Crippen LogP contribution < -0.4 is 0 Å². The summed E-state index contributed by atoms with van der Waals surface area (Å²) in [6, 6.07) is 10.4. The normalized spacial score (nSPS) is 10.3. The zero-order valence-corrected chi connectivity index (χ0v) is 10.5. The standard InChI is InChI=1S/C10H7BrIN/c11-8-3-1-7(2-4-8)10-9(12)5-6-13-10/h1-6,13H. The van der Waals surface area contributed by atoms with E-state index in [0.717, 1.165) is 4.47 Å². The molecule has 1 aromatic heterocycles. The van der Waals surface area contributed by atoms with Gasteiger partial charge in [0.15, 0.2) is 0 Å². The van der Waals surface area contributed by atoms with Gasteiger partial charge < -0.3 is 4.98 Å². The molecule has 3 heteroatoms. The van der Waals surface area contributed by atoms with Crippen molar-refractivity contribution in [1.82, 2.24) is 4.98 Å². The van der Waals surface area contributed by atoms with Gasteiger partial charge in [-0.15, -0.1) is 0 Å². The number of nitrogens with one attached hydrogen (secondary N) is 1. The summed E-state index contributed by atoms with van der Waals surface area (Å²) in [5.74, 6) is 0. The van der Waals surface area contributed by atoms with Crippen LogP contribution in [-0.4, -0.2) is 4.98 Å². The first kappa shape index (κ1) is 9.27. The quantitative estimate of drug-likeness (QED) is 0.749. The van der Waals surface area contributed by atoms with Crippen LogP contribution in [0.25, 0.3) is 11.3 Å². The van der Waals surface area contributed by atoms with Gasteiger partial charge in [-0.1, -0.05) is 28.1 Å². The van der Waals surface area contributed by atoms with Crippen LogP contribution in [0.15, 0.2) is 41.0 Å². The lowest BCUT2D eigenvalue weighted by Crippen LogP contribution is -1.78. The Balaban J connectivity index is 2.47. The molecule has 0 amide bonds. The highest BCUT2D eigenvalue weighted by Crippen LogP contribution is 2.24. The van der Waals surface area contributed by atoms with E-state index in [1.54, 1.807) is 0 Å². The maximum atomic E-state index is 3.42. The van der Waals surface area contributed by atoms with Gasteiger partial charge in [-0.25, -0.2) is 0 Å². The van der Waals surface area contributed by atoms with Crippen LogP contribution in [-0.2, 0) is 0 Å². The summed E-state index contributed by atoms with van der Waals surface area (Å²) in [7, 11) is 0. The molecule has 0 unspecified atom stereocenters. The number of benzene rings is 1. The number of aromatic nitrogens is 1.